The lowest BCUT2D eigenvalue weighted by Gasteiger charge is -2.21. The van der Waals surface area contributed by atoms with E-state index in [9.17, 15) is 14.4 Å². The third-order valence-corrected chi connectivity index (χ3v) is 4.79. The van der Waals surface area contributed by atoms with Gasteiger partial charge in [-0.05, 0) is 43.9 Å². The summed E-state index contributed by atoms with van der Waals surface area (Å²) in [7, 11) is 0. The van der Waals surface area contributed by atoms with Crippen LogP contribution in [0.15, 0.2) is 24.3 Å². The Bertz CT molecular complexity index is 669. The minimum atomic E-state index is -0.854. The molecule has 2 fully saturated rings. The van der Waals surface area contributed by atoms with Crippen molar-refractivity contribution in [3.8, 4) is 0 Å². The van der Waals surface area contributed by atoms with E-state index in [1.54, 1.807) is 4.90 Å². The van der Waals surface area contributed by atoms with E-state index in [2.05, 4.69) is 10.6 Å². The Balaban J connectivity index is 1.52. The molecule has 134 valence electrons. The summed E-state index contributed by atoms with van der Waals surface area (Å²) in [5, 5.41) is 14.8. The van der Waals surface area contributed by atoms with Gasteiger partial charge in [-0.3, -0.25) is 9.59 Å². The van der Waals surface area contributed by atoms with Gasteiger partial charge in [0.25, 0.3) is 0 Å². The number of carboxylic acids is 1. The molecule has 1 aromatic carbocycles. The lowest BCUT2D eigenvalue weighted by Crippen LogP contribution is -2.40. The lowest BCUT2D eigenvalue weighted by molar-refractivity contribution is -0.141. The van der Waals surface area contributed by atoms with Crippen molar-refractivity contribution in [2.75, 3.05) is 18.4 Å². The number of nitrogens with zero attached hydrogens (tertiary/aromatic N) is 1. The second-order valence-electron chi connectivity index (χ2n) is 6.83. The van der Waals surface area contributed by atoms with Crippen LogP contribution in [0.1, 0.15) is 37.8 Å². The number of amides is 3. The van der Waals surface area contributed by atoms with Gasteiger partial charge in [0.15, 0.2) is 0 Å². The second-order valence-corrected chi connectivity index (χ2v) is 6.83. The highest BCUT2D eigenvalue weighted by atomic mass is 16.4. The van der Waals surface area contributed by atoms with Crippen LogP contribution in [0, 0.1) is 11.8 Å². The number of hydrogen-bond donors (Lipinski definition) is 3. The minimum absolute atomic E-state index is 0.0659. The van der Waals surface area contributed by atoms with Crippen molar-refractivity contribution >= 4 is 23.6 Å². The Labute approximate surface area is 146 Å². The molecule has 1 aromatic rings. The van der Waals surface area contributed by atoms with Crippen LogP contribution in [0.2, 0.25) is 0 Å². The van der Waals surface area contributed by atoms with Gasteiger partial charge >= 0.3 is 12.0 Å². The van der Waals surface area contributed by atoms with Gasteiger partial charge in [0.2, 0.25) is 5.91 Å². The lowest BCUT2D eigenvalue weighted by atomic mass is 10.1. The van der Waals surface area contributed by atoms with E-state index in [4.69, 9.17) is 5.11 Å². The average Bonchev–Trinajstić information content (AvgIpc) is 3.31. The highest BCUT2D eigenvalue weighted by molar-refractivity contribution is 5.94. The predicted molar refractivity (Wildman–Crippen MR) is 92.1 cm³/mol. The van der Waals surface area contributed by atoms with Gasteiger partial charge in [-0.25, -0.2) is 4.79 Å². The van der Waals surface area contributed by atoms with Crippen LogP contribution in [0.25, 0.3) is 0 Å². The number of likely N-dealkylation sites (tertiary alicyclic amines) is 1. The molecule has 2 atom stereocenters. The van der Waals surface area contributed by atoms with Crippen molar-refractivity contribution < 1.29 is 19.5 Å². The zero-order valence-corrected chi connectivity index (χ0v) is 14.2. The third kappa shape index (κ3) is 4.29. The van der Waals surface area contributed by atoms with Crippen LogP contribution >= 0.6 is 0 Å². The first-order valence-electron chi connectivity index (χ1n) is 8.63. The van der Waals surface area contributed by atoms with Crippen molar-refractivity contribution in [1.29, 1.82) is 0 Å². The van der Waals surface area contributed by atoms with Gasteiger partial charge in [0.1, 0.15) is 0 Å². The molecule has 3 N–H and O–H groups in total. The van der Waals surface area contributed by atoms with E-state index in [-0.39, 0.29) is 30.4 Å². The first-order chi connectivity index (χ1) is 11.9. The molecule has 1 saturated carbocycles. The average molecular weight is 345 g/mol. The fourth-order valence-electron chi connectivity index (χ4n) is 2.95. The van der Waals surface area contributed by atoms with Crippen LogP contribution in [0.3, 0.4) is 0 Å². The summed E-state index contributed by atoms with van der Waals surface area (Å²) in [6.07, 6.45) is 2.42. The highest BCUT2D eigenvalue weighted by Crippen LogP contribution is 2.30. The van der Waals surface area contributed by atoms with Gasteiger partial charge in [-0.1, -0.05) is 12.1 Å². The summed E-state index contributed by atoms with van der Waals surface area (Å²) in [5.41, 5.74) is 1.68. The van der Waals surface area contributed by atoms with E-state index < -0.39 is 11.9 Å². The second kappa shape index (κ2) is 7.13. The Kier molecular flexibility index (Phi) is 4.92. The number of rotatable bonds is 5. The molecule has 7 nitrogen and oxygen atoms in total. The molecule has 1 heterocycles. The summed E-state index contributed by atoms with van der Waals surface area (Å²) in [4.78, 5) is 36.5. The molecule has 1 aliphatic carbocycles. The SMILES string of the molecule is CC(NC(=O)N1CCC(C(=O)O)C1)c1ccc(NC(=O)C2CC2)cc1. The molecule has 25 heavy (non-hydrogen) atoms. The summed E-state index contributed by atoms with van der Waals surface area (Å²) < 4.78 is 0. The molecule has 0 spiro atoms. The molecule has 1 aliphatic heterocycles. The normalized spacial score (nSPS) is 20.8. The van der Waals surface area contributed by atoms with E-state index in [1.165, 1.54) is 0 Å². The molecule has 3 amide bonds. The van der Waals surface area contributed by atoms with Crippen molar-refractivity contribution in [3.05, 3.63) is 29.8 Å². The third-order valence-electron chi connectivity index (χ3n) is 4.79. The quantitative estimate of drug-likeness (QED) is 0.762. The first kappa shape index (κ1) is 17.3. The Morgan fingerprint density at radius 2 is 1.80 bits per heavy atom. The van der Waals surface area contributed by atoms with Crippen molar-refractivity contribution in [3.63, 3.8) is 0 Å². The molecular weight excluding hydrogens is 322 g/mol. The van der Waals surface area contributed by atoms with Gasteiger partial charge < -0.3 is 20.6 Å². The number of hydrogen-bond acceptors (Lipinski definition) is 3. The number of anilines is 1. The maximum Gasteiger partial charge on any atom is 0.317 e. The molecule has 3 rings (SSSR count). The molecule has 0 bridgehead atoms. The summed E-state index contributed by atoms with van der Waals surface area (Å²) >= 11 is 0. The summed E-state index contributed by atoms with van der Waals surface area (Å²) in [6.45, 7) is 2.59. The number of aliphatic carboxylic acids is 1. The smallest absolute Gasteiger partial charge is 0.317 e. The van der Waals surface area contributed by atoms with Gasteiger partial charge in [0, 0.05) is 24.7 Å². The maximum atomic E-state index is 12.3. The standard InChI is InChI=1S/C18H23N3O4/c1-11(19-18(25)21-9-8-14(10-21)17(23)24)12-4-6-15(7-5-12)20-16(22)13-2-3-13/h4-7,11,13-14H,2-3,8-10H2,1H3,(H,19,25)(H,20,22)(H,23,24). The van der Waals surface area contributed by atoms with Gasteiger partial charge in [-0.2, -0.15) is 0 Å². The molecule has 7 heteroatoms. The molecule has 0 aromatic heterocycles. The fourth-order valence-corrected chi connectivity index (χ4v) is 2.95. The maximum absolute atomic E-state index is 12.3. The van der Waals surface area contributed by atoms with Crippen LogP contribution in [0.5, 0.6) is 0 Å². The van der Waals surface area contributed by atoms with Crippen molar-refractivity contribution in [1.82, 2.24) is 10.2 Å². The molecule has 2 aliphatic rings. The zero-order chi connectivity index (χ0) is 18.0. The van der Waals surface area contributed by atoms with Crippen molar-refractivity contribution in [2.24, 2.45) is 11.8 Å². The number of nitrogens with one attached hydrogen (secondary N) is 2. The molecule has 1 saturated heterocycles. The van der Waals surface area contributed by atoms with Crippen LogP contribution in [-0.2, 0) is 9.59 Å². The van der Waals surface area contributed by atoms with Crippen LogP contribution in [-0.4, -0.2) is 41.0 Å². The first-order valence-corrected chi connectivity index (χ1v) is 8.63. The fraction of sp³-hybridized carbons (Fsp3) is 0.500. The number of benzene rings is 1. The van der Waals surface area contributed by atoms with Gasteiger partial charge in [-0.15, -0.1) is 0 Å². The van der Waals surface area contributed by atoms with E-state index in [0.29, 0.717) is 13.0 Å². The van der Waals surface area contributed by atoms with E-state index >= 15 is 0 Å². The highest BCUT2D eigenvalue weighted by Gasteiger charge is 2.31. The van der Waals surface area contributed by atoms with E-state index in [1.807, 2.05) is 31.2 Å². The van der Waals surface area contributed by atoms with Gasteiger partial charge in [0.05, 0.1) is 12.0 Å². The number of urea groups is 1. The largest absolute Gasteiger partial charge is 0.481 e. The van der Waals surface area contributed by atoms with Crippen LogP contribution < -0.4 is 10.6 Å². The molecule has 2 unspecified atom stereocenters. The summed E-state index contributed by atoms with van der Waals surface area (Å²) in [6, 6.07) is 6.95. The van der Waals surface area contributed by atoms with Crippen LogP contribution in [0.4, 0.5) is 10.5 Å². The Morgan fingerprint density at radius 3 is 2.36 bits per heavy atom. The monoisotopic (exact) mass is 345 g/mol. The summed E-state index contributed by atoms with van der Waals surface area (Å²) in [5.74, 6) is -1.10. The van der Waals surface area contributed by atoms with E-state index in [0.717, 1.165) is 24.1 Å². The Hall–Kier alpha value is -2.57. The predicted octanol–water partition coefficient (Wildman–Crippen LogP) is 2.21. The zero-order valence-electron chi connectivity index (χ0n) is 14.2. The van der Waals surface area contributed by atoms with Crippen molar-refractivity contribution in [2.45, 2.75) is 32.2 Å². The number of carbonyl (C=O) groups is 3. The topological polar surface area (TPSA) is 98.7 Å². The molecular formula is C18H23N3O4. The molecule has 0 radical (unpaired) electrons. The Morgan fingerprint density at radius 1 is 1.12 bits per heavy atom. The number of carboxylic acid groups (broad SMARTS) is 1. The number of carbonyl (C=O) groups excluding carboxylic acids is 2. The minimum Gasteiger partial charge on any atom is -0.481 e.